The number of carbonyl (C=O) groups is 1. The van der Waals surface area contributed by atoms with Gasteiger partial charge < -0.3 is 20.0 Å². The quantitative estimate of drug-likeness (QED) is 0.237. The maximum absolute atomic E-state index is 12.7. The molecule has 0 aliphatic heterocycles. The van der Waals surface area contributed by atoms with Crippen molar-refractivity contribution in [2.75, 3.05) is 24.7 Å². The van der Waals surface area contributed by atoms with Crippen molar-refractivity contribution < 1.29 is 9.21 Å². The van der Waals surface area contributed by atoms with Gasteiger partial charge in [-0.15, -0.1) is 0 Å². The number of furan rings is 1. The first kappa shape index (κ1) is 24.3. The van der Waals surface area contributed by atoms with E-state index in [1.807, 2.05) is 99.0 Å². The zero-order valence-corrected chi connectivity index (χ0v) is 21.7. The van der Waals surface area contributed by atoms with E-state index in [9.17, 15) is 4.79 Å². The topological polar surface area (TPSA) is 83.3 Å². The van der Waals surface area contributed by atoms with Gasteiger partial charge in [0.1, 0.15) is 23.3 Å². The molecule has 6 rings (SSSR count). The predicted octanol–water partition coefficient (Wildman–Crippen LogP) is 7.10. The summed E-state index contributed by atoms with van der Waals surface area (Å²) in [6.45, 7) is 0.833. The number of rotatable bonds is 7. The maximum Gasteiger partial charge on any atom is 0.255 e. The van der Waals surface area contributed by atoms with Gasteiger partial charge in [0.05, 0.1) is 5.69 Å². The Morgan fingerprint density at radius 2 is 1.56 bits per heavy atom. The highest BCUT2D eigenvalue weighted by Crippen LogP contribution is 2.35. The van der Waals surface area contributed by atoms with Crippen molar-refractivity contribution in [2.24, 2.45) is 0 Å². The molecule has 6 aromatic rings. The lowest BCUT2D eigenvalue weighted by Crippen LogP contribution is -2.13. The summed E-state index contributed by atoms with van der Waals surface area (Å²) < 4.78 is 6.18. The molecule has 0 saturated carbocycles. The molecule has 1 amide bonds. The van der Waals surface area contributed by atoms with E-state index >= 15 is 0 Å². The first-order chi connectivity index (χ1) is 19.0. The van der Waals surface area contributed by atoms with E-state index < -0.39 is 0 Å². The Morgan fingerprint density at radius 1 is 0.821 bits per heavy atom. The Balaban J connectivity index is 1.17. The Kier molecular flexibility index (Phi) is 6.49. The first-order valence-corrected chi connectivity index (χ1v) is 12.7. The molecule has 2 aromatic heterocycles. The lowest BCUT2D eigenvalue weighted by atomic mass is 10.1. The smallest absolute Gasteiger partial charge is 0.255 e. The highest BCUT2D eigenvalue weighted by atomic mass is 16.3. The molecule has 0 aliphatic carbocycles. The number of nitrogens with one attached hydrogen (secondary N) is 2. The van der Waals surface area contributed by atoms with Crippen LogP contribution in [0, 0.1) is 0 Å². The fourth-order valence-corrected chi connectivity index (χ4v) is 4.64. The van der Waals surface area contributed by atoms with Crippen molar-refractivity contribution in [3.63, 3.8) is 0 Å². The van der Waals surface area contributed by atoms with E-state index in [0.29, 0.717) is 17.1 Å². The molecule has 0 unspecified atom stereocenters. The number of para-hydroxylation sites is 2. The number of nitrogens with zero attached hydrogens (tertiary/aromatic N) is 3. The normalized spacial score (nSPS) is 11.3. The molecule has 192 valence electrons. The van der Waals surface area contributed by atoms with E-state index in [2.05, 4.69) is 37.6 Å². The maximum atomic E-state index is 12.7. The minimum absolute atomic E-state index is 0.146. The highest BCUT2D eigenvalue weighted by molar-refractivity contribution is 6.09. The van der Waals surface area contributed by atoms with Gasteiger partial charge in [-0.3, -0.25) is 4.79 Å². The molecule has 4 aromatic carbocycles. The molecule has 0 atom stereocenters. The van der Waals surface area contributed by atoms with Gasteiger partial charge in [-0.1, -0.05) is 42.5 Å². The molecular formula is C32H27N5O2. The van der Waals surface area contributed by atoms with Crippen LogP contribution in [-0.4, -0.2) is 34.9 Å². The minimum Gasteiger partial charge on any atom is -0.455 e. The van der Waals surface area contributed by atoms with Gasteiger partial charge in [-0.25, -0.2) is 9.97 Å². The van der Waals surface area contributed by atoms with Gasteiger partial charge in [0.2, 0.25) is 0 Å². The summed E-state index contributed by atoms with van der Waals surface area (Å²) in [6, 6.07) is 31.2. The molecule has 7 heteroatoms. The van der Waals surface area contributed by atoms with Gasteiger partial charge in [0.25, 0.3) is 5.91 Å². The van der Waals surface area contributed by atoms with Crippen LogP contribution in [-0.2, 0) is 6.54 Å². The molecule has 2 heterocycles. The molecule has 7 nitrogen and oxygen atoms in total. The van der Waals surface area contributed by atoms with Gasteiger partial charge in [-0.2, -0.15) is 0 Å². The van der Waals surface area contributed by atoms with Crippen molar-refractivity contribution in [1.29, 1.82) is 0 Å². The summed E-state index contributed by atoms with van der Waals surface area (Å²) in [7, 11) is 4.04. The van der Waals surface area contributed by atoms with Crippen LogP contribution in [0.3, 0.4) is 0 Å². The van der Waals surface area contributed by atoms with Crippen LogP contribution in [0.1, 0.15) is 15.9 Å². The van der Waals surface area contributed by atoms with Gasteiger partial charge in [-0.05, 0) is 68.2 Å². The van der Waals surface area contributed by atoms with Crippen LogP contribution in [0.5, 0.6) is 0 Å². The summed E-state index contributed by atoms with van der Waals surface area (Å²) in [4.78, 5) is 23.7. The van der Waals surface area contributed by atoms with E-state index in [1.54, 1.807) is 0 Å². The van der Waals surface area contributed by atoms with Crippen LogP contribution < -0.4 is 10.6 Å². The molecule has 0 saturated heterocycles. The fraction of sp³-hybridized carbons (Fsp3) is 0.0938. The Labute approximate surface area is 226 Å². The van der Waals surface area contributed by atoms with Crippen molar-refractivity contribution in [3.05, 3.63) is 115 Å². The second-order valence-corrected chi connectivity index (χ2v) is 9.66. The van der Waals surface area contributed by atoms with Crippen LogP contribution >= 0.6 is 0 Å². The summed E-state index contributed by atoms with van der Waals surface area (Å²) in [5.74, 6) is 0.509. The van der Waals surface area contributed by atoms with E-state index in [1.165, 1.54) is 6.33 Å². The summed E-state index contributed by atoms with van der Waals surface area (Å²) in [5.41, 5.74) is 6.65. The number of carbonyl (C=O) groups excluding carboxylic acids is 1. The zero-order valence-electron chi connectivity index (χ0n) is 21.7. The van der Waals surface area contributed by atoms with E-state index in [0.717, 1.165) is 51.0 Å². The number of aromatic nitrogens is 2. The summed E-state index contributed by atoms with van der Waals surface area (Å²) >= 11 is 0. The zero-order chi connectivity index (χ0) is 26.8. The number of amides is 1. The monoisotopic (exact) mass is 513 g/mol. The van der Waals surface area contributed by atoms with Crippen molar-refractivity contribution in [3.8, 4) is 11.3 Å². The molecule has 39 heavy (non-hydrogen) atoms. The average molecular weight is 514 g/mol. The molecule has 0 fully saturated rings. The van der Waals surface area contributed by atoms with Crippen molar-refractivity contribution in [2.45, 2.75) is 6.54 Å². The number of benzene rings is 4. The number of hydrogen-bond acceptors (Lipinski definition) is 6. The summed E-state index contributed by atoms with van der Waals surface area (Å²) in [6.07, 6.45) is 1.54. The van der Waals surface area contributed by atoms with E-state index in [-0.39, 0.29) is 5.91 Å². The molecule has 0 bridgehead atoms. The molecular weight excluding hydrogens is 486 g/mol. The largest absolute Gasteiger partial charge is 0.455 e. The third-order valence-corrected chi connectivity index (χ3v) is 6.48. The number of fused-ring (bicyclic) bond motifs is 3. The third kappa shape index (κ3) is 5.21. The van der Waals surface area contributed by atoms with Crippen molar-refractivity contribution >= 4 is 45.0 Å². The molecule has 2 N–H and O–H groups in total. The Bertz CT molecular complexity index is 1770. The van der Waals surface area contributed by atoms with Crippen LogP contribution in [0.15, 0.2) is 108 Å². The SMILES string of the molecule is CN(C)Cc1ccc(C(=O)Nc2ccc(Nc3cc(-c4cccc5c4oc4ccccc45)ncn3)cc2)cc1. The van der Waals surface area contributed by atoms with Crippen LogP contribution in [0.2, 0.25) is 0 Å². The molecule has 0 aliphatic rings. The third-order valence-electron chi connectivity index (χ3n) is 6.48. The fourth-order valence-electron chi connectivity index (χ4n) is 4.64. The second kappa shape index (κ2) is 10.4. The van der Waals surface area contributed by atoms with Gasteiger partial charge in [0.15, 0.2) is 0 Å². The van der Waals surface area contributed by atoms with Crippen molar-refractivity contribution in [1.82, 2.24) is 14.9 Å². The highest BCUT2D eigenvalue weighted by Gasteiger charge is 2.13. The number of anilines is 3. The Hall–Kier alpha value is -5.01. The summed E-state index contributed by atoms with van der Waals surface area (Å²) in [5, 5.41) is 8.41. The standard InChI is InChI=1S/C32H27N5O2/c1-37(2)19-21-10-12-22(13-11-21)32(38)36-24-16-14-23(15-17-24)35-30-18-28(33-20-34-30)27-8-5-7-26-25-6-3-4-9-29(25)39-31(26)27/h3-18,20H,19H2,1-2H3,(H,36,38)(H,33,34,35). The Morgan fingerprint density at radius 3 is 2.36 bits per heavy atom. The molecule has 0 radical (unpaired) electrons. The minimum atomic E-state index is -0.146. The predicted molar refractivity (Wildman–Crippen MR) is 156 cm³/mol. The van der Waals surface area contributed by atoms with E-state index in [4.69, 9.17) is 4.42 Å². The lowest BCUT2D eigenvalue weighted by molar-refractivity contribution is 0.102. The average Bonchev–Trinajstić information content (AvgIpc) is 3.33. The lowest BCUT2D eigenvalue weighted by Gasteiger charge is -2.11. The second-order valence-electron chi connectivity index (χ2n) is 9.66. The van der Waals surface area contributed by atoms with Crippen LogP contribution in [0.4, 0.5) is 17.2 Å². The number of hydrogen-bond donors (Lipinski definition) is 2. The van der Waals surface area contributed by atoms with Crippen LogP contribution in [0.25, 0.3) is 33.2 Å². The van der Waals surface area contributed by atoms with Gasteiger partial charge >= 0.3 is 0 Å². The van der Waals surface area contributed by atoms with Gasteiger partial charge in [0, 0.05) is 45.9 Å². The molecule has 0 spiro atoms. The first-order valence-electron chi connectivity index (χ1n) is 12.7.